The Bertz CT molecular complexity index is 921. The molecule has 0 aliphatic carbocycles. The second-order valence-corrected chi connectivity index (χ2v) is 7.00. The third-order valence-electron chi connectivity index (χ3n) is 4.92. The van der Waals surface area contributed by atoms with Gasteiger partial charge in [0.1, 0.15) is 0 Å². The van der Waals surface area contributed by atoms with Crippen LogP contribution < -0.4 is 10.2 Å². The molecule has 0 unspecified atom stereocenters. The van der Waals surface area contributed by atoms with Crippen molar-refractivity contribution in [3.63, 3.8) is 0 Å². The van der Waals surface area contributed by atoms with E-state index in [1.54, 1.807) is 12.4 Å². The maximum atomic E-state index is 12.5. The summed E-state index contributed by atoms with van der Waals surface area (Å²) in [6.45, 7) is 3.70. The van der Waals surface area contributed by atoms with Gasteiger partial charge >= 0.3 is 0 Å². The van der Waals surface area contributed by atoms with E-state index in [2.05, 4.69) is 31.5 Å². The molecule has 3 aromatic rings. The van der Waals surface area contributed by atoms with Gasteiger partial charge in [-0.05, 0) is 44.0 Å². The number of carbonyl (C=O) groups excluding carboxylic acids is 1. The summed E-state index contributed by atoms with van der Waals surface area (Å²) < 4.78 is 0. The predicted molar refractivity (Wildman–Crippen MR) is 106 cm³/mol. The highest BCUT2D eigenvalue weighted by Crippen LogP contribution is 2.23. The number of pyridine rings is 1. The highest BCUT2D eigenvalue weighted by molar-refractivity contribution is 5.94. The smallest absolute Gasteiger partial charge is 0.251 e. The first-order chi connectivity index (χ1) is 13.2. The van der Waals surface area contributed by atoms with Crippen LogP contribution in [0.3, 0.4) is 0 Å². The van der Waals surface area contributed by atoms with Crippen molar-refractivity contribution < 1.29 is 4.79 Å². The topological polar surface area (TPSA) is 73.9 Å². The van der Waals surface area contributed by atoms with Crippen molar-refractivity contribution in [1.29, 1.82) is 0 Å². The Labute approximate surface area is 158 Å². The molecule has 4 rings (SSSR count). The number of aromatic amines is 1. The monoisotopic (exact) mass is 361 g/mol. The molecule has 2 N–H and O–H groups in total. The minimum Gasteiger partial charge on any atom is -0.353 e. The summed E-state index contributed by atoms with van der Waals surface area (Å²) in [5.74, 6) is 0.904. The summed E-state index contributed by atoms with van der Waals surface area (Å²) >= 11 is 0. The molecule has 138 valence electrons. The third-order valence-corrected chi connectivity index (χ3v) is 4.92. The van der Waals surface area contributed by atoms with Crippen molar-refractivity contribution in [1.82, 2.24) is 20.5 Å². The Morgan fingerprint density at radius 2 is 2.07 bits per heavy atom. The van der Waals surface area contributed by atoms with Crippen molar-refractivity contribution in [2.24, 2.45) is 0 Å². The standard InChI is InChI=1S/C21H23N5O/c1-15-4-2-5-17(12-15)21(27)23-18-6-3-11-26(14-18)20-13-19(24-25-20)16-7-9-22-10-8-16/h2,4-5,7-10,12-13,18H,3,6,11,14H2,1H3,(H,23,27)(H,24,25)/t18-/m0/s1. The quantitative estimate of drug-likeness (QED) is 0.748. The number of aryl methyl sites for hydroxylation is 1. The van der Waals surface area contributed by atoms with E-state index in [0.29, 0.717) is 5.56 Å². The molecule has 2 aromatic heterocycles. The molecule has 1 aliphatic heterocycles. The van der Waals surface area contributed by atoms with E-state index in [1.165, 1.54) is 0 Å². The Balaban J connectivity index is 1.42. The van der Waals surface area contributed by atoms with E-state index >= 15 is 0 Å². The van der Waals surface area contributed by atoms with Crippen LogP contribution in [0.15, 0.2) is 54.9 Å². The second kappa shape index (κ2) is 7.61. The molecule has 0 bridgehead atoms. The van der Waals surface area contributed by atoms with Crippen LogP contribution in [0.4, 0.5) is 5.82 Å². The molecule has 27 heavy (non-hydrogen) atoms. The van der Waals surface area contributed by atoms with E-state index < -0.39 is 0 Å². The lowest BCUT2D eigenvalue weighted by Crippen LogP contribution is -2.48. The second-order valence-electron chi connectivity index (χ2n) is 7.00. The molecule has 6 nitrogen and oxygen atoms in total. The fraction of sp³-hybridized carbons (Fsp3) is 0.286. The third kappa shape index (κ3) is 4.00. The Morgan fingerprint density at radius 1 is 1.22 bits per heavy atom. The summed E-state index contributed by atoms with van der Waals surface area (Å²) in [5, 5.41) is 10.7. The van der Waals surface area contributed by atoms with E-state index in [0.717, 1.165) is 48.6 Å². The molecular weight excluding hydrogens is 338 g/mol. The predicted octanol–water partition coefficient (Wildman–Crippen LogP) is 3.18. The molecule has 1 amide bonds. The number of rotatable bonds is 4. The van der Waals surface area contributed by atoms with E-state index in [1.807, 2.05) is 43.3 Å². The minimum absolute atomic E-state index is 0.00921. The molecule has 1 aliphatic rings. The van der Waals surface area contributed by atoms with Gasteiger partial charge in [0.15, 0.2) is 5.82 Å². The summed E-state index contributed by atoms with van der Waals surface area (Å²) in [7, 11) is 0. The fourth-order valence-corrected chi connectivity index (χ4v) is 3.51. The average molecular weight is 361 g/mol. The zero-order chi connectivity index (χ0) is 18.6. The molecule has 1 saturated heterocycles. The van der Waals surface area contributed by atoms with Crippen LogP contribution in [0.1, 0.15) is 28.8 Å². The van der Waals surface area contributed by atoms with Crippen LogP contribution in [0.25, 0.3) is 11.3 Å². The molecule has 0 radical (unpaired) electrons. The zero-order valence-electron chi connectivity index (χ0n) is 15.4. The van der Waals surface area contributed by atoms with Gasteiger partial charge in [0, 0.05) is 48.7 Å². The van der Waals surface area contributed by atoms with E-state index in [-0.39, 0.29) is 11.9 Å². The van der Waals surface area contributed by atoms with Gasteiger partial charge < -0.3 is 10.2 Å². The number of H-pyrrole nitrogens is 1. The number of carbonyl (C=O) groups is 1. The van der Waals surface area contributed by atoms with Crippen LogP contribution in [-0.2, 0) is 0 Å². The maximum absolute atomic E-state index is 12.5. The number of nitrogens with zero attached hydrogens (tertiary/aromatic N) is 3. The first-order valence-electron chi connectivity index (χ1n) is 9.27. The Morgan fingerprint density at radius 3 is 2.89 bits per heavy atom. The van der Waals surface area contributed by atoms with Gasteiger partial charge in [-0.3, -0.25) is 14.9 Å². The average Bonchev–Trinajstić information content (AvgIpc) is 3.19. The lowest BCUT2D eigenvalue weighted by molar-refractivity contribution is 0.0933. The molecule has 1 atom stereocenters. The molecule has 0 saturated carbocycles. The summed E-state index contributed by atoms with van der Waals surface area (Å²) in [4.78, 5) is 18.8. The number of benzene rings is 1. The largest absolute Gasteiger partial charge is 0.353 e. The van der Waals surface area contributed by atoms with Crippen LogP contribution in [0, 0.1) is 6.92 Å². The summed E-state index contributed by atoms with van der Waals surface area (Å²) in [6.07, 6.45) is 5.55. The van der Waals surface area contributed by atoms with Crippen molar-refractivity contribution in [3.05, 3.63) is 66.0 Å². The van der Waals surface area contributed by atoms with Crippen LogP contribution >= 0.6 is 0 Å². The summed E-state index contributed by atoms with van der Waals surface area (Å²) in [6, 6.07) is 13.8. The number of anilines is 1. The fourth-order valence-electron chi connectivity index (χ4n) is 3.51. The first kappa shape index (κ1) is 17.3. The van der Waals surface area contributed by atoms with Gasteiger partial charge in [0.25, 0.3) is 5.91 Å². The lowest BCUT2D eigenvalue weighted by atomic mass is 10.0. The van der Waals surface area contributed by atoms with Gasteiger partial charge in [0.2, 0.25) is 0 Å². The molecular formula is C21H23N5O. The number of hydrogen-bond donors (Lipinski definition) is 2. The van der Waals surface area contributed by atoms with Crippen LogP contribution in [0.2, 0.25) is 0 Å². The maximum Gasteiger partial charge on any atom is 0.251 e. The SMILES string of the molecule is Cc1cccc(C(=O)N[C@H]2CCCN(c3cc(-c4ccncc4)[nH]n3)C2)c1. The number of hydrogen-bond acceptors (Lipinski definition) is 4. The molecule has 1 fully saturated rings. The number of amides is 1. The van der Waals surface area contributed by atoms with Gasteiger partial charge in [-0.15, -0.1) is 0 Å². The van der Waals surface area contributed by atoms with E-state index in [4.69, 9.17) is 0 Å². The van der Waals surface area contributed by atoms with Gasteiger partial charge in [-0.1, -0.05) is 17.7 Å². The zero-order valence-corrected chi connectivity index (χ0v) is 15.4. The minimum atomic E-state index is -0.00921. The van der Waals surface area contributed by atoms with Crippen molar-refractivity contribution in [3.8, 4) is 11.3 Å². The van der Waals surface area contributed by atoms with Crippen molar-refractivity contribution in [2.75, 3.05) is 18.0 Å². The number of nitrogens with one attached hydrogen (secondary N) is 2. The number of aromatic nitrogens is 3. The van der Waals surface area contributed by atoms with Crippen molar-refractivity contribution >= 4 is 11.7 Å². The lowest BCUT2D eigenvalue weighted by Gasteiger charge is -2.33. The molecule has 0 spiro atoms. The highest BCUT2D eigenvalue weighted by atomic mass is 16.1. The van der Waals surface area contributed by atoms with E-state index in [9.17, 15) is 4.79 Å². The first-order valence-corrected chi connectivity index (χ1v) is 9.27. The van der Waals surface area contributed by atoms with Crippen LogP contribution in [-0.4, -0.2) is 40.2 Å². The van der Waals surface area contributed by atoms with Gasteiger partial charge in [0.05, 0.1) is 5.69 Å². The molecule has 1 aromatic carbocycles. The normalized spacial score (nSPS) is 16.9. The molecule has 6 heteroatoms. The highest BCUT2D eigenvalue weighted by Gasteiger charge is 2.23. The number of piperidine rings is 1. The van der Waals surface area contributed by atoms with Crippen LogP contribution in [0.5, 0.6) is 0 Å². The van der Waals surface area contributed by atoms with Gasteiger partial charge in [-0.25, -0.2) is 0 Å². The summed E-state index contributed by atoms with van der Waals surface area (Å²) in [5.41, 5.74) is 3.84. The Kier molecular flexibility index (Phi) is 4.87. The van der Waals surface area contributed by atoms with Crippen molar-refractivity contribution in [2.45, 2.75) is 25.8 Å². The molecule has 3 heterocycles. The Hall–Kier alpha value is -3.15. The van der Waals surface area contributed by atoms with Gasteiger partial charge in [-0.2, -0.15) is 5.10 Å².